The molecule has 1 atom stereocenters. The Morgan fingerprint density at radius 1 is 1.56 bits per heavy atom. The molecule has 0 aromatic heterocycles. The minimum absolute atomic E-state index is 0.0390. The number of carbonyl (C=O) groups is 1. The Hall–Kier alpha value is -1.07. The lowest BCUT2D eigenvalue weighted by molar-refractivity contribution is -0.121. The molecule has 0 saturated carbocycles. The molecule has 0 fully saturated rings. The van der Waals surface area contributed by atoms with E-state index in [-0.39, 0.29) is 11.8 Å². The predicted octanol–water partition coefficient (Wildman–Crippen LogP) is 2.41. The Morgan fingerprint density at radius 2 is 2.22 bits per heavy atom. The van der Waals surface area contributed by atoms with Crippen molar-refractivity contribution in [2.24, 2.45) is 11.7 Å². The zero-order chi connectivity index (χ0) is 13.7. The summed E-state index contributed by atoms with van der Waals surface area (Å²) in [5.41, 5.74) is 6.42. The summed E-state index contributed by atoms with van der Waals surface area (Å²) < 4.78 is 5.98. The Morgan fingerprint density at radius 3 is 2.67 bits per heavy atom. The first-order chi connectivity index (χ1) is 8.54. The lowest BCUT2D eigenvalue weighted by atomic mass is 10.1. The number of methoxy groups -OCH3 is 1. The van der Waals surface area contributed by atoms with Gasteiger partial charge in [-0.25, -0.2) is 0 Å². The molecule has 4 nitrogen and oxygen atoms in total. The summed E-state index contributed by atoms with van der Waals surface area (Å²) in [6.07, 6.45) is 0.747. The molecule has 2 N–H and O–H groups in total. The van der Waals surface area contributed by atoms with Crippen LogP contribution in [0.5, 0.6) is 5.75 Å². The predicted molar refractivity (Wildman–Crippen MR) is 76.9 cm³/mol. The largest absolute Gasteiger partial charge is 0.496 e. The first kappa shape index (κ1) is 15.0. The minimum atomic E-state index is -0.129. The van der Waals surface area contributed by atoms with Gasteiger partial charge in [-0.15, -0.1) is 0 Å². The quantitative estimate of drug-likeness (QED) is 0.908. The van der Waals surface area contributed by atoms with Crippen molar-refractivity contribution >= 4 is 27.5 Å². The highest BCUT2D eigenvalue weighted by Gasteiger charge is 2.20. The maximum absolute atomic E-state index is 12.2. The van der Waals surface area contributed by atoms with Crippen LogP contribution in [0.3, 0.4) is 0 Å². The van der Waals surface area contributed by atoms with Gasteiger partial charge in [0.25, 0.3) is 0 Å². The third-order valence-electron chi connectivity index (χ3n) is 2.98. The lowest BCUT2D eigenvalue weighted by Crippen LogP contribution is -2.36. The summed E-state index contributed by atoms with van der Waals surface area (Å²) in [6, 6.07) is 5.54. The molecule has 0 aliphatic carbocycles. The first-order valence-corrected chi connectivity index (χ1v) is 6.65. The lowest BCUT2D eigenvalue weighted by Gasteiger charge is -2.22. The average molecular weight is 315 g/mol. The molecule has 0 heterocycles. The molecule has 1 unspecified atom stereocenters. The van der Waals surface area contributed by atoms with Gasteiger partial charge in [0.1, 0.15) is 5.75 Å². The summed E-state index contributed by atoms with van der Waals surface area (Å²) in [5.74, 6) is 0.651. The molecule has 0 spiro atoms. The molecule has 5 heteroatoms. The Bertz CT molecular complexity index is 419. The number of hydrogen-bond donors (Lipinski definition) is 1. The second-order valence-electron chi connectivity index (χ2n) is 4.06. The van der Waals surface area contributed by atoms with Crippen LogP contribution in [0.4, 0.5) is 5.69 Å². The number of halogens is 1. The highest BCUT2D eigenvalue weighted by molar-refractivity contribution is 9.10. The Labute approximate surface area is 116 Å². The fraction of sp³-hybridized carbons (Fsp3) is 0.462. The zero-order valence-corrected chi connectivity index (χ0v) is 12.5. The van der Waals surface area contributed by atoms with Crippen molar-refractivity contribution in [3.63, 3.8) is 0 Å². The molecule has 1 aromatic rings. The van der Waals surface area contributed by atoms with E-state index in [1.165, 1.54) is 0 Å². The first-order valence-electron chi connectivity index (χ1n) is 5.86. The number of nitrogens with two attached hydrogens (primary N) is 1. The molecular weight excluding hydrogens is 296 g/mol. The minimum Gasteiger partial charge on any atom is -0.496 e. The monoisotopic (exact) mass is 314 g/mol. The number of ether oxygens (including phenoxy) is 1. The van der Waals surface area contributed by atoms with E-state index in [0.717, 1.165) is 22.3 Å². The van der Waals surface area contributed by atoms with Crippen molar-refractivity contribution in [3.05, 3.63) is 22.7 Å². The number of amides is 1. The average Bonchev–Trinajstić information content (AvgIpc) is 2.39. The van der Waals surface area contributed by atoms with E-state index >= 15 is 0 Å². The van der Waals surface area contributed by atoms with Crippen molar-refractivity contribution in [3.8, 4) is 5.75 Å². The molecule has 1 rings (SSSR count). The summed E-state index contributed by atoms with van der Waals surface area (Å²) in [7, 11) is 3.37. The molecular formula is C13H19BrN2O2. The molecule has 0 aliphatic heterocycles. The van der Waals surface area contributed by atoms with E-state index in [1.807, 2.05) is 25.1 Å². The van der Waals surface area contributed by atoms with Crippen LogP contribution in [-0.2, 0) is 4.79 Å². The molecule has 100 valence electrons. The normalized spacial score (nSPS) is 12.1. The standard InChI is InChI=1S/C13H19BrN2O2/c1-4-9(8-15)13(17)16(2)10-5-6-12(18-3)11(14)7-10/h5-7,9H,4,8,15H2,1-3H3. The third-order valence-corrected chi connectivity index (χ3v) is 3.60. The summed E-state index contributed by atoms with van der Waals surface area (Å²) in [5, 5.41) is 0. The van der Waals surface area contributed by atoms with Crippen molar-refractivity contribution < 1.29 is 9.53 Å². The van der Waals surface area contributed by atoms with Crippen LogP contribution in [0.2, 0.25) is 0 Å². The van der Waals surface area contributed by atoms with Gasteiger partial charge in [0.05, 0.1) is 17.5 Å². The van der Waals surface area contributed by atoms with Gasteiger partial charge in [-0.05, 0) is 40.5 Å². The number of nitrogens with zero attached hydrogens (tertiary/aromatic N) is 1. The van der Waals surface area contributed by atoms with Crippen LogP contribution in [0.15, 0.2) is 22.7 Å². The second-order valence-corrected chi connectivity index (χ2v) is 4.91. The van der Waals surface area contributed by atoms with E-state index in [4.69, 9.17) is 10.5 Å². The van der Waals surface area contributed by atoms with Crippen LogP contribution in [-0.4, -0.2) is 26.6 Å². The van der Waals surface area contributed by atoms with Gasteiger partial charge in [0, 0.05) is 19.3 Å². The number of anilines is 1. The Balaban J connectivity index is 2.93. The van der Waals surface area contributed by atoms with Gasteiger partial charge in [0.2, 0.25) is 5.91 Å². The molecule has 0 aliphatic rings. The second kappa shape index (κ2) is 6.75. The molecule has 18 heavy (non-hydrogen) atoms. The van der Waals surface area contributed by atoms with Gasteiger partial charge in [-0.3, -0.25) is 4.79 Å². The van der Waals surface area contributed by atoms with Crippen molar-refractivity contribution in [2.75, 3.05) is 25.6 Å². The SMILES string of the molecule is CCC(CN)C(=O)N(C)c1ccc(OC)c(Br)c1. The molecule has 0 bridgehead atoms. The number of hydrogen-bond acceptors (Lipinski definition) is 3. The number of rotatable bonds is 5. The van der Waals surface area contributed by atoms with Gasteiger partial charge >= 0.3 is 0 Å². The molecule has 1 amide bonds. The topological polar surface area (TPSA) is 55.6 Å². The maximum Gasteiger partial charge on any atom is 0.231 e. The van der Waals surface area contributed by atoms with Crippen LogP contribution >= 0.6 is 15.9 Å². The molecule has 0 radical (unpaired) electrons. The van der Waals surface area contributed by atoms with Gasteiger partial charge in [-0.1, -0.05) is 6.92 Å². The molecule has 0 saturated heterocycles. The van der Waals surface area contributed by atoms with E-state index in [1.54, 1.807) is 19.1 Å². The smallest absolute Gasteiger partial charge is 0.231 e. The van der Waals surface area contributed by atoms with Crippen LogP contribution in [0.1, 0.15) is 13.3 Å². The highest BCUT2D eigenvalue weighted by Crippen LogP contribution is 2.29. The Kier molecular flexibility index (Phi) is 5.62. The summed E-state index contributed by atoms with van der Waals surface area (Å²) in [6.45, 7) is 2.34. The van der Waals surface area contributed by atoms with Gasteiger partial charge in [0.15, 0.2) is 0 Å². The van der Waals surface area contributed by atoms with E-state index in [9.17, 15) is 4.79 Å². The van der Waals surface area contributed by atoms with E-state index in [2.05, 4.69) is 15.9 Å². The number of benzene rings is 1. The van der Waals surface area contributed by atoms with E-state index < -0.39 is 0 Å². The number of carbonyl (C=O) groups excluding carboxylic acids is 1. The zero-order valence-electron chi connectivity index (χ0n) is 10.9. The van der Waals surface area contributed by atoms with Crippen LogP contribution < -0.4 is 15.4 Å². The third kappa shape index (κ3) is 3.23. The van der Waals surface area contributed by atoms with Gasteiger partial charge < -0.3 is 15.4 Å². The molecule has 1 aromatic carbocycles. The van der Waals surface area contributed by atoms with Crippen molar-refractivity contribution in [1.82, 2.24) is 0 Å². The fourth-order valence-corrected chi connectivity index (χ4v) is 2.24. The van der Waals surface area contributed by atoms with Crippen LogP contribution in [0, 0.1) is 5.92 Å². The van der Waals surface area contributed by atoms with Gasteiger partial charge in [-0.2, -0.15) is 0 Å². The highest BCUT2D eigenvalue weighted by atomic mass is 79.9. The maximum atomic E-state index is 12.2. The van der Waals surface area contributed by atoms with E-state index in [0.29, 0.717) is 6.54 Å². The summed E-state index contributed by atoms with van der Waals surface area (Å²) in [4.78, 5) is 13.8. The summed E-state index contributed by atoms with van der Waals surface area (Å²) >= 11 is 3.41. The van der Waals surface area contributed by atoms with Crippen molar-refractivity contribution in [1.29, 1.82) is 0 Å². The fourth-order valence-electron chi connectivity index (χ4n) is 1.71. The van der Waals surface area contributed by atoms with Crippen LogP contribution in [0.25, 0.3) is 0 Å². The van der Waals surface area contributed by atoms with Crippen molar-refractivity contribution in [2.45, 2.75) is 13.3 Å².